The molecule has 0 saturated carbocycles. The van der Waals surface area contributed by atoms with E-state index in [1.165, 1.54) is 21.8 Å². The van der Waals surface area contributed by atoms with Crippen LogP contribution in [0.2, 0.25) is 0 Å². The van der Waals surface area contributed by atoms with Crippen molar-refractivity contribution in [3.63, 3.8) is 0 Å². The maximum Gasteiger partial charge on any atom is 0.278 e. The quantitative estimate of drug-likeness (QED) is 0.385. The summed E-state index contributed by atoms with van der Waals surface area (Å²) in [6, 6.07) is 11.4. The highest BCUT2D eigenvalue weighted by molar-refractivity contribution is 5.99. The number of carbonyl (C=O) groups is 2. The number of nitrogens with one attached hydrogen (secondary N) is 1. The van der Waals surface area contributed by atoms with Crippen molar-refractivity contribution in [2.75, 3.05) is 11.7 Å². The third kappa shape index (κ3) is 5.66. The molecule has 2 amide bonds. The van der Waals surface area contributed by atoms with E-state index in [2.05, 4.69) is 18.5 Å². The van der Waals surface area contributed by atoms with Crippen LogP contribution in [0.15, 0.2) is 84.8 Å². The first-order valence-corrected chi connectivity index (χ1v) is 12.7. The van der Waals surface area contributed by atoms with Gasteiger partial charge in [-0.3, -0.25) is 24.1 Å². The third-order valence-electron chi connectivity index (χ3n) is 6.75. The molecule has 1 aliphatic heterocycles. The van der Waals surface area contributed by atoms with Gasteiger partial charge < -0.3 is 15.0 Å². The maximum absolute atomic E-state index is 14.1. The zero-order valence-electron chi connectivity index (χ0n) is 22.3. The predicted octanol–water partition coefficient (Wildman–Crippen LogP) is 4.14. The fourth-order valence-corrected chi connectivity index (χ4v) is 4.25. The summed E-state index contributed by atoms with van der Waals surface area (Å²) in [6.45, 7) is 11.1. The number of rotatable bonds is 10. The Morgan fingerprint density at radius 2 is 1.77 bits per heavy atom. The van der Waals surface area contributed by atoms with E-state index in [1.54, 1.807) is 36.2 Å². The minimum atomic E-state index is -0.831. The van der Waals surface area contributed by atoms with Crippen LogP contribution in [0.5, 0.6) is 5.75 Å². The molecule has 4 rings (SSSR count). The molecule has 40 heavy (non-hydrogen) atoms. The molecule has 0 spiro atoms. The van der Waals surface area contributed by atoms with Crippen molar-refractivity contribution in [2.24, 2.45) is 0 Å². The molecule has 3 aromatic rings. The highest BCUT2D eigenvalue weighted by Gasteiger charge is 2.37. The number of pyridine rings is 1. The van der Waals surface area contributed by atoms with Crippen LogP contribution in [0, 0.1) is 11.6 Å². The van der Waals surface area contributed by atoms with E-state index < -0.39 is 28.9 Å². The highest BCUT2D eigenvalue weighted by atomic mass is 19.1. The van der Waals surface area contributed by atoms with E-state index in [0.29, 0.717) is 6.07 Å². The molecule has 0 radical (unpaired) electrons. The molecule has 208 valence electrons. The van der Waals surface area contributed by atoms with E-state index in [-0.39, 0.29) is 54.5 Å². The lowest BCUT2D eigenvalue weighted by atomic mass is 10.1. The number of hydrogen-bond acceptors (Lipinski definition) is 5. The molecule has 0 aliphatic carbocycles. The number of benzene rings is 2. The maximum atomic E-state index is 14.1. The van der Waals surface area contributed by atoms with Gasteiger partial charge in [-0.25, -0.2) is 8.78 Å². The van der Waals surface area contributed by atoms with Crippen molar-refractivity contribution in [1.29, 1.82) is 0 Å². The van der Waals surface area contributed by atoms with Crippen LogP contribution < -0.4 is 20.5 Å². The average molecular weight is 549 g/mol. The number of nitrogens with zero attached hydrogens (tertiary/aromatic N) is 3. The van der Waals surface area contributed by atoms with E-state index in [0.717, 1.165) is 11.6 Å². The van der Waals surface area contributed by atoms with Crippen molar-refractivity contribution in [3.05, 3.63) is 124 Å². The van der Waals surface area contributed by atoms with Crippen LogP contribution >= 0.6 is 0 Å². The van der Waals surface area contributed by atoms with Gasteiger partial charge >= 0.3 is 0 Å². The molecule has 1 aliphatic rings. The number of hydrogen-bond donors (Lipinski definition) is 1. The summed E-state index contributed by atoms with van der Waals surface area (Å²) in [7, 11) is 0. The van der Waals surface area contributed by atoms with Crippen LogP contribution in [0.3, 0.4) is 0 Å². The number of carbonyl (C=O) groups excluding carboxylic acids is 2. The van der Waals surface area contributed by atoms with Gasteiger partial charge in [0.1, 0.15) is 30.5 Å². The van der Waals surface area contributed by atoms with Crippen LogP contribution in [0.25, 0.3) is 0 Å². The van der Waals surface area contributed by atoms with E-state index in [9.17, 15) is 23.2 Å². The van der Waals surface area contributed by atoms with Crippen LogP contribution in [-0.2, 0) is 13.2 Å². The molecule has 1 aromatic heterocycles. The first-order valence-electron chi connectivity index (χ1n) is 12.7. The molecule has 8 nitrogen and oxygen atoms in total. The molecular weight excluding hydrogens is 518 g/mol. The highest BCUT2D eigenvalue weighted by Crippen LogP contribution is 2.26. The van der Waals surface area contributed by atoms with Crippen LogP contribution in [0.1, 0.15) is 45.8 Å². The second-order valence-electron chi connectivity index (χ2n) is 9.40. The summed E-state index contributed by atoms with van der Waals surface area (Å²) in [4.78, 5) is 42.2. The zero-order valence-corrected chi connectivity index (χ0v) is 22.3. The summed E-state index contributed by atoms with van der Waals surface area (Å²) in [5.74, 6) is -3.16. The Hall–Kier alpha value is -4.73. The van der Waals surface area contributed by atoms with Crippen molar-refractivity contribution in [1.82, 2.24) is 14.9 Å². The third-order valence-corrected chi connectivity index (χ3v) is 6.75. The van der Waals surface area contributed by atoms with Gasteiger partial charge in [0, 0.05) is 30.4 Å². The van der Waals surface area contributed by atoms with Gasteiger partial charge in [-0.05, 0) is 25.5 Å². The lowest BCUT2D eigenvalue weighted by molar-refractivity contribution is 0.0641. The van der Waals surface area contributed by atoms with E-state index in [4.69, 9.17) is 4.74 Å². The van der Waals surface area contributed by atoms with Gasteiger partial charge in [-0.2, -0.15) is 0 Å². The summed E-state index contributed by atoms with van der Waals surface area (Å²) in [6.07, 6.45) is 4.55. The van der Waals surface area contributed by atoms with Crippen LogP contribution in [-0.4, -0.2) is 40.1 Å². The monoisotopic (exact) mass is 548 g/mol. The Balaban J connectivity index is 1.81. The number of ether oxygens (including phenoxy) is 1. The minimum absolute atomic E-state index is 0.0315. The summed E-state index contributed by atoms with van der Waals surface area (Å²) < 4.78 is 34.8. The number of halogens is 2. The Morgan fingerprint density at radius 3 is 2.42 bits per heavy atom. The normalized spacial score (nSPS) is 14.2. The molecule has 0 fully saturated rings. The summed E-state index contributed by atoms with van der Waals surface area (Å²) >= 11 is 0. The van der Waals surface area contributed by atoms with Gasteiger partial charge in [-0.15, -0.1) is 13.2 Å². The van der Waals surface area contributed by atoms with Gasteiger partial charge in [-0.1, -0.05) is 48.6 Å². The minimum Gasteiger partial charge on any atom is -0.482 e. The Morgan fingerprint density at radius 1 is 1.07 bits per heavy atom. The smallest absolute Gasteiger partial charge is 0.278 e. The zero-order chi connectivity index (χ0) is 29.0. The summed E-state index contributed by atoms with van der Waals surface area (Å²) in [5.41, 5.74) is -0.367. The first-order chi connectivity index (χ1) is 19.2. The lowest BCUT2D eigenvalue weighted by Crippen LogP contribution is -2.59. The molecule has 10 heteroatoms. The van der Waals surface area contributed by atoms with Gasteiger partial charge in [0.25, 0.3) is 11.8 Å². The Kier molecular flexibility index (Phi) is 8.47. The average Bonchev–Trinajstić information content (AvgIpc) is 2.95. The molecule has 2 heterocycles. The largest absolute Gasteiger partial charge is 0.482 e. The molecule has 1 unspecified atom stereocenters. The second-order valence-corrected chi connectivity index (χ2v) is 9.40. The van der Waals surface area contributed by atoms with Gasteiger partial charge in [0.15, 0.2) is 11.4 Å². The van der Waals surface area contributed by atoms with Crippen LogP contribution in [0.4, 0.5) is 8.78 Å². The van der Waals surface area contributed by atoms with Crippen molar-refractivity contribution < 1.29 is 23.1 Å². The molecule has 0 saturated heterocycles. The SMILES string of the molecule is C=CC(C)N1CN([C@@H](C)C=C)C(=O)c2c(OCc3ccccc3)c(=O)c(C(=O)NCc3ccc(F)cc3F)cn21. The van der Waals surface area contributed by atoms with E-state index in [1.807, 2.05) is 25.1 Å². The standard InChI is InChI=1S/C30H30F2N4O4/c1-5-19(3)34-18-36(20(4)6-2)35-16-24(29(38)33-15-22-12-13-23(31)14-25(22)32)27(37)28(26(35)30(34)39)40-17-21-10-8-7-9-11-21/h5-14,16,19-20H,1-2,15,17-18H2,3-4H3,(H,33,38)/t19-,20?/m0/s1. The van der Waals surface area contributed by atoms with Gasteiger partial charge in [0.2, 0.25) is 5.43 Å². The Bertz CT molecular complexity index is 1510. The number of amides is 2. The number of fused-ring (bicyclic) bond motifs is 1. The summed E-state index contributed by atoms with van der Waals surface area (Å²) in [5, 5.41) is 4.27. The van der Waals surface area contributed by atoms with Gasteiger partial charge in [0.05, 0.1) is 6.04 Å². The molecule has 2 aromatic carbocycles. The molecular formula is C30H30F2N4O4. The molecule has 2 atom stereocenters. The molecule has 1 N–H and O–H groups in total. The topological polar surface area (TPSA) is 83.9 Å². The fraction of sp³-hybridized carbons (Fsp3) is 0.233. The lowest BCUT2D eigenvalue weighted by Gasteiger charge is -2.44. The molecule has 0 bridgehead atoms. The first kappa shape index (κ1) is 28.3. The Labute approximate surface area is 230 Å². The number of aromatic nitrogens is 1. The van der Waals surface area contributed by atoms with E-state index >= 15 is 0 Å². The van der Waals surface area contributed by atoms with Crippen molar-refractivity contribution in [3.8, 4) is 5.75 Å². The predicted molar refractivity (Wildman–Crippen MR) is 148 cm³/mol. The second kappa shape index (κ2) is 12.0. The van der Waals surface area contributed by atoms with Crippen molar-refractivity contribution >= 4 is 11.8 Å². The fourth-order valence-electron chi connectivity index (χ4n) is 4.25. The van der Waals surface area contributed by atoms with Crippen molar-refractivity contribution in [2.45, 2.75) is 39.1 Å².